The quantitative estimate of drug-likeness (QED) is 0.749. The average molecular weight is 408 g/mol. The van der Waals surface area contributed by atoms with E-state index in [0.717, 1.165) is 34.5 Å². The molecular weight excluding hydrogens is 391 g/mol. The summed E-state index contributed by atoms with van der Waals surface area (Å²) in [5, 5.41) is 12.5. The van der Waals surface area contributed by atoms with Gasteiger partial charge in [0.05, 0.1) is 18.3 Å². The maximum atomic E-state index is 11.8. The standard InChI is InChI=1S/C16H17IN4O/c1-9(22)16-14-5-13(19-16)15-7-20(8-21(14)15)11-3-2-10(6-18)12(17)4-11/h2-4,13-16,19H,5,7-8H2,1H3. The number of ketones is 1. The molecule has 3 saturated heterocycles. The van der Waals surface area contributed by atoms with E-state index in [4.69, 9.17) is 5.26 Å². The van der Waals surface area contributed by atoms with E-state index < -0.39 is 0 Å². The smallest absolute Gasteiger partial charge is 0.148 e. The molecule has 0 radical (unpaired) electrons. The number of halogens is 1. The van der Waals surface area contributed by atoms with Crippen LogP contribution in [0.5, 0.6) is 0 Å². The third kappa shape index (κ3) is 2.07. The molecule has 1 aromatic rings. The summed E-state index contributed by atoms with van der Waals surface area (Å²) in [4.78, 5) is 16.6. The van der Waals surface area contributed by atoms with E-state index in [2.05, 4.69) is 49.8 Å². The Morgan fingerprint density at radius 3 is 2.95 bits per heavy atom. The van der Waals surface area contributed by atoms with Crippen LogP contribution in [0.2, 0.25) is 0 Å². The number of nitriles is 1. The van der Waals surface area contributed by atoms with Crippen LogP contribution in [0.25, 0.3) is 0 Å². The lowest BCUT2D eigenvalue weighted by molar-refractivity contribution is -0.120. The Morgan fingerprint density at radius 1 is 1.45 bits per heavy atom. The number of anilines is 1. The molecule has 4 unspecified atom stereocenters. The number of nitrogens with zero attached hydrogens (tertiary/aromatic N) is 3. The number of hydrogen-bond acceptors (Lipinski definition) is 5. The van der Waals surface area contributed by atoms with Crippen molar-refractivity contribution in [2.45, 2.75) is 37.5 Å². The lowest BCUT2D eigenvalue weighted by Gasteiger charge is -2.33. The van der Waals surface area contributed by atoms with Crippen LogP contribution in [0.1, 0.15) is 18.9 Å². The average Bonchev–Trinajstić information content (AvgIpc) is 3.17. The largest absolute Gasteiger partial charge is 0.357 e. The van der Waals surface area contributed by atoms with Gasteiger partial charge < -0.3 is 10.2 Å². The number of piperazine rings is 1. The summed E-state index contributed by atoms with van der Waals surface area (Å²) in [5.41, 5.74) is 1.89. The first-order chi connectivity index (χ1) is 10.6. The van der Waals surface area contributed by atoms with Gasteiger partial charge in [0.25, 0.3) is 0 Å². The van der Waals surface area contributed by atoms with Crippen LogP contribution in [0.4, 0.5) is 5.69 Å². The van der Waals surface area contributed by atoms with Gasteiger partial charge in [-0.05, 0) is 54.1 Å². The molecule has 4 rings (SSSR count). The second-order valence-corrected chi connectivity index (χ2v) is 7.55. The molecule has 0 amide bonds. The number of carbonyl (C=O) groups excluding carboxylic acids is 1. The summed E-state index contributed by atoms with van der Waals surface area (Å²) in [6.07, 6.45) is 1.09. The molecule has 5 nitrogen and oxygen atoms in total. The van der Waals surface area contributed by atoms with Gasteiger partial charge in [0.15, 0.2) is 0 Å². The number of hydrogen-bond donors (Lipinski definition) is 1. The van der Waals surface area contributed by atoms with Gasteiger partial charge in [0.2, 0.25) is 0 Å². The molecular formula is C16H17IN4O. The molecule has 1 N–H and O–H groups in total. The van der Waals surface area contributed by atoms with Gasteiger partial charge in [-0.1, -0.05) is 0 Å². The molecule has 6 heteroatoms. The fourth-order valence-electron chi connectivity index (χ4n) is 4.17. The second kappa shape index (κ2) is 5.18. The van der Waals surface area contributed by atoms with Gasteiger partial charge in [-0.3, -0.25) is 9.69 Å². The number of carbonyl (C=O) groups is 1. The fourth-order valence-corrected chi connectivity index (χ4v) is 4.79. The van der Waals surface area contributed by atoms with Crippen LogP contribution in [0, 0.1) is 14.9 Å². The summed E-state index contributed by atoms with van der Waals surface area (Å²) in [6.45, 7) is 3.55. The third-order valence-electron chi connectivity index (χ3n) is 5.21. The molecule has 1 aromatic carbocycles. The van der Waals surface area contributed by atoms with Crippen LogP contribution < -0.4 is 10.2 Å². The SMILES string of the molecule is CC(=O)C1NC2CC1N1CN(c3ccc(C#N)c(I)c3)CC21. The van der Waals surface area contributed by atoms with E-state index in [1.807, 2.05) is 12.1 Å². The molecule has 3 heterocycles. The minimum absolute atomic E-state index is 0.00213. The highest BCUT2D eigenvalue weighted by molar-refractivity contribution is 14.1. The van der Waals surface area contributed by atoms with Crippen molar-refractivity contribution in [3.8, 4) is 6.07 Å². The highest BCUT2D eigenvalue weighted by Crippen LogP contribution is 2.39. The summed E-state index contributed by atoms with van der Waals surface area (Å²) >= 11 is 2.22. The van der Waals surface area contributed by atoms with Crippen molar-refractivity contribution in [3.05, 3.63) is 27.3 Å². The highest BCUT2D eigenvalue weighted by Gasteiger charge is 2.55. The zero-order valence-electron chi connectivity index (χ0n) is 12.3. The van der Waals surface area contributed by atoms with Crippen LogP contribution in [0.3, 0.4) is 0 Å². The van der Waals surface area contributed by atoms with E-state index in [-0.39, 0.29) is 11.8 Å². The highest BCUT2D eigenvalue weighted by atomic mass is 127. The first-order valence-electron chi connectivity index (χ1n) is 7.55. The Kier molecular flexibility index (Phi) is 3.40. The lowest BCUT2D eigenvalue weighted by Crippen LogP contribution is -2.57. The van der Waals surface area contributed by atoms with Gasteiger partial charge in [0, 0.05) is 33.9 Å². The third-order valence-corrected chi connectivity index (χ3v) is 6.10. The Balaban J connectivity index is 1.56. The van der Waals surface area contributed by atoms with E-state index in [9.17, 15) is 4.79 Å². The number of benzene rings is 1. The molecule has 0 spiro atoms. The summed E-state index contributed by atoms with van der Waals surface area (Å²) in [7, 11) is 0. The van der Waals surface area contributed by atoms with Crippen molar-refractivity contribution in [1.82, 2.24) is 10.2 Å². The van der Waals surface area contributed by atoms with Crippen molar-refractivity contribution in [2.75, 3.05) is 18.1 Å². The van der Waals surface area contributed by atoms with E-state index >= 15 is 0 Å². The minimum Gasteiger partial charge on any atom is -0.357 e. The maximum Gasteiger partial charge on any atom is 0.148 e. The summed E-state index contributed by atoms with van der Waals surface area (Å²) in [5.74, 6) is 0.248. The fraction of sp³-hybridized carbons (Fsp3) is 0.500. The molecule has 4 atom stereocenters. The number of Topliss-reactive ketones (excluding diaryl/α,β-unsaturated/α-hetero) is 1. The van der Waals surface area contributed by atoms with E-state index in [1.54, 1.807) is 6.92 Å². The zero-order valence-corrected chi connectivity index (χ0v) is 14.4. The molecule has 3 aliphatic rings. The van der Waals surface area contributed by atoms with Crippen LogP contribution in [0.15, 0.2) is 18.2 Å². The van der Waals surface area contributed by atoms with Gasteiger partial charge >= 0.3 is 0 Å². The van der Waals surface area contributed by atoms with Gasteiger partial charge in [-0.25, -0.2) is 0 Å². The Bertz CT molecular complexity index is 685. The van der Waals surface area contributed by atoms with E-state index in [0.29, 0.717) is 18.1 Å². The molecule has 3 aliphatic heterocycles. The first kappa shape index (κ1) is 14.4. The molecule has 2 bridgehead atoms. The minimum atomic E-state index is 0.00213. The number of rotatable bonds is 2. The molecule has 0 aliphatic carbocycles. The van der Waals surface area contributed by atoms with Gasteiger partial charge in [-0.2, -0.15) is 5.26 Å². The number of nitrogens with one attached hydrogen (secondary N) is 1. The second-order valence-electron chi connectivity index (χ2n) is 6.39. The molecule has 0 saturated carbocycles. The van der Waals surface area contributed by atoms with Crippen molar-refractivity contribution in [2.24, 2.45) is 0 Å². The van der Waals surface area contributed by atoms with Crippen molar-refractivity contribution >= 4 is 34.1 Å². The topological polar surface area (TPSA) is 59.4 Å². The number of fused-ring (bicyclic) bond motifs is 5. The lowest BCUT2D eigenvalue weighted by atomic mass is 10.1. The van der Waals surface area contributed by atoms with Crippen LogP contribution in [-0.2, 0) is 4.79 Å². The predicted molar refractivity (Wildman–Crippen MR) is 91.5 cm³/mol. The Morgan fingerprint density at radius 2 is 2.27 bits per heavy atom. The van der Waals surface area contributed by atoms with Crippen molar-refractivity contribution in [1.29, 1.82) is 5.26 Å². The summed E-state index contributed by atoms with van der Waals surface area (Å²) < 4.78 is 0.993. The molecule has 0 aromatic heterocycles. The van der Waals surface area contributed by atoms with Crippen LogP contribution in [-0.4, -0.2) is 48.1 Å². The predicted octanol–water partition coefficient (Wildman–Crippen LogP) is 1.31. The summed E-state index contributed by atoms with van der Waals surface area (Å²) in [6, 6.07) is 9.49. The molecule has 3 fully saturated rings. The van der Waals surface area contributed by atoms with Gasteiger partial charge in [0.1, 0.15) is 11.9 Å². The van der Waals surface area contributed by atoms with Crippen LogP contribution >= 0.6 is 22.6 Å². The zero-order chi connectivity index (χ0) is 15.4. The van der Waals surface area contributed by atoms with Gasteiger partial charge in [-0.15, -0.1) is 0 Å². The van der Waals surface area contributed by atoms with Crippen molar-refractivity contribution in [3.63, 3.8) is 0 Å². The molecule has 114 valence electrons. The monoisotopic (exact) mass is 408 g/mol. The Labute approximate surface area is 143 Å². The molecule has 22 heavy (non-hydrogen) atoms. The maximum absolute atomic E-state index is 11.8. The normalized spacial score (nSPS) is 33.0. The first-order valence-corrected chi connectivity index (χ1v) is 8.63. The van der Waals surface area contributed by atoms with Crippen molar-refractivity contribution < 1.29 is 4.79 Å². The Hall–Kier alpha value is -1.17. The van der Waals surface area contributed by atoms with E-state index in [1.165, 1.54) is 0 Å².